The lowest BCUT2D eigenvalue weighted by molar-refractivity contribution is -0.121. The highest BCUT2D eigenvalue weighted by molar-refractivity contribution is 7.09. The van der Waals surface area contributed by atoms with Gasteiger partial charge in [-0.1, -0.05) is 18.9 Å². The van der Waals surface area contributed by atoms with Crippen molar-refractivity contribution in [3.8, 4) is 0 Å². The van der Waals surface area contributed by atoms with Crippen LogP contribution in [0, 0.1) is 0 Å². The normalized spacial score (nSPS) is 15.0. The van der Waals surface area contributed by atoms with Crippen LogP contribution < -0.4 is 16.0 Å². The Morgan fingerprint density at radius 3 is 2.75 bits per heavy atom. The zero-order valence-corrected chi connectivity index (χ0v) is 12.3. The average molecular weight is 295 g/mol. The van der Waals surface area contributed by atoms with Crippen molar-refractivity contribution in [3.05, 3.63) is 22.4 Å². The molecule has 3 amide bonds. The van der Waals surface area contributed by atoms with Gasteiger partial charge >= 0.3 is 6.03 Å². The fourth-order valence-electron chi connectivity index (χ4n) is 2.30. The highest BCUT2D eigenvalue weighted by Gasteiger charge is 2.16. The van der Waals surface area contributed by atoms with E-state index >= 15 is 0 Å². The second-order valence-corrected chi connectivity index (χ2v) is 6.02. The molecule has 0 aromatic carbocycles. The molecule has 110 valence electrons. The first kappa shape index (κ1) is 14.8. The van der Waals surface area contributed by atoms with Gasteiger partial charge < -0.3 is 16.0 Å². The zero-order chi connectivity index (χ0) is 14.2. The summed E-state index contributed by atoms with van der Waals surface area (Å²) in [6.07, 6.45) is 4.91. The first-order chi connectivity index (χ1) is 9.74. The largest absolute Gasteiger partial charge is 0.353 e. The van der Waals surface area contributed by atoms with Crippen molar-refractivity contribution in [1.29, 1.82) is 0 Å². The SMILES string of the molecule is O=C(CCNC(=O)NCc1cccs1)NC1CCCC1. The summed E-state index contributed by atoms with van der Waals surface area (Å²) in [5.74, 6) is 0.0236. The van der Waals surface area contributed by atoms with Crippen molar-refractivity contribution in [1.82, 2.24) is 16.0 Å². The van der Waals surface area contributed by atoms with Gasteiger partial charge in [-0.15, -0.1) is 11.3 Å². The van der Waals surface area contributed by atoms with Gasteiger partial charge in [-0.25, -0.2) is 4.79 Å². The van der Waals surface area contributed by atoms with Crippen molar-refractivity contribution in [3.63, 3.8) is 0 Å². The molecule has 3 N–H and O–H groups in total. The number of nitrogens with one attached hydrogen (secondary N) is 3. The van der Waals surface area contributed by atoms with Gasteiger partial charge in [0.15, 0.2) is 0 Å². The zero-order valence-electron chi connectivity index (χ0n) is 11.5. The standard InChI is InChI=1S/C14H21N3O2S/c18-13(17-11-4-1-2-5-11)7-8-15-14(19)16-10-12-6-3-9-20-12/h3,6,9,11H,1-2,4-5,7-8,10H2,(H,17,18)(H2,15,16,19). The quantitative estimate of drug-likeness (QED) is 0.751. The number of urea groups is 1. The summed E-state index contributed by atoms with van der Waals surface area (Å²) in [5.41, 5.74) is 0. The molecular formula is C14H21N3O2S. The van der Waals surface area contributed by atoms with Gasteiger partial charge in [-0.05, 0) is 24.3 Å². The Bertz CT molecular complexity index is 428. The van der Waals surface area contributed by atoms with Gasteiger partial charge in [0.05, 0.1) is 6.54 Å². The Morgan fingerprint density at radius 1 is 1.25 bits per heavy atom. The summed E-state index contributed by atoms with van der Waals surface area (Å²) in [5, 5.41) is 10.4. The number of rotatable bonds is 6. The minimum Gasteiger partial charge on any atom is -0.353 e. The lowest BCUT2D eigenvalue weighted by Gasteiger charge is -2.12. The van der Waals surface area contributed by atoms with E-state index in [0.717, 1.165) is 17.7 Å². The van der Waals surface area contributed by atoms with Crippen LogP contribution in [-0.2, 0) is 11.3 Å². The summed E-state index contributed by atoms with van der Waals surface area (Å²) >= 11 is 1.60. The van der Waals surface area contributed by atoms with E-state index in [1.165, 1.54) is 12.8 Å². The summed E-state index contributed by atoms with van der Waals surface area (Å²) in [6, 6.07) is 4.04. The molecule has 1 aliphatic carbocycles. The van der Waals surface area contributed by atoms with Crippen molar-refractivity contribution < 1.29 is 9.59 Å². The third-order valence-corrected chi connectivity index (χ3v) is 4.24. The molecule has 1 heterocycles. The lowest BCUT2D eigenvalue weighted by Crippen LogP contribution is -2.39. The van der Waals surface area contributed by atoms with Crippen LogP contribution >= 0.6 is 11.3 Å². The van der Waals surface area contributed by atoms with Gasteiger partial charge in [-0.2, -0.15) is 0 Å². The third-order valence-electron chi connectivity index (χ3n) is 3.36. The molecule has 20 heavy (non-hydrogen) atoms. The number of hydrogen-bond donors (Lipinski definition) is 3. The maximum absolute atomic E-state index is 11.6. The van der Waals surface area contributed by atoms with Gasteiger partial charge in [0.1, 0.15) is 0 Å². The van der Waals surface area contributed by atoms with Crippen LogP contribution in [-0.4, -0.2) is 24.5 Å². The molecule has 5 nitrogen and oxygen atoms in total. The van der Waals surface area contributed by atoms with Crippen LogP contribution in [0.3, 0.4) is 0 Å². The monoisotopic (exact) mass is 295 g/mol. The van der Waals surface area contributed by atoms with Crippen LogP contribution in [0.2, 0.25) is 0 Å². The van der Waals surface area contributed by atoms with Crippen LogP contribution in [0.15, 0.2) is 17.5 Å². The predicted octanol–water partition coefficient (Wildman–Crippen LogP) is 2.00. The number of hydrogen-bond acceptors (Lipinski definition) is 3. The molecule has 6 heteroatoms. The van der Waals surface area contributed by atoms with E-state index in [-0.39, 0.29) is 11.9 Å². The molecule has 1 aromatic heterocycles. The molecule has 2 rings (SSSR count). The van der Waals surface area contributed by atoms with Crippen molar-refractivity contribution >= 4 is 23.3 Å². The summed E-state index contributed by atoms with van der Waals surface area (Å²) in [6.45, 7) is 0.895. The molecule has 0 bridgehead atoms. The fraction of sp³-hybridized carbons (Fsp3) is 0.571. The molecule has 0 aliphatic heterocycles. The van der Waals surface area contributed by atoms with Gasteiger partial charge in [-0.3, -0.25) is 4.79 Å². The first-order valence-corrected chi connectivity index (χ1v) is 7.95. The van der Waals surface area contributed by atoms with E-state index in [0.29, 0.717) is 25.6 Å². The second kappa shape index (κ2) is 7.89. The summed E-state index contributed by atoms with van der Waals surface area (Å²) < 4.78 is 0. The summed E-state index contributed by atoms with van der Waals surface area (Å²) in [4.78, 5) is 24.3. The van der Waals surface area contributed by atoms with Crippen LogP contribution in [0.1, 0.15) is 37.0 Å². The Balaban J connectivity index is 1.53. The minimum absolute atomic E-state index is 0.0236. The van der Waals surface area contributed by atoms with Crippen molar-refractivity contribution in [2.75, 3.05) is 6.54 Å². The van der Waals surface area contributed by atoms with E-state index in [1.54, 1.807) is 11.3 Å². The van der Waals surface area contributed by atoms with E-state index < -0.39 is 0 Å². The fourth-order valence-corrected chi connectivity index (χ4v) is 2.95. The molecule has 1 aromatic rings. The maximum Gasteiger partial charge on any atom is 0.315 e. The van der Waals surface area contributed by atoms with Gasteiger partial charge in [0.2, 0.25) is 5.91 Å². The number of amides is 3. The molecule has 0 saturated heterocycles. The van der Waals surface area contributed by atoms with Gasteiger partial charge in [0, 0.05) is 23.9 Å². The van der Waals surface area contributed by atoms with Crippen molar-refractivity contribution in [2.45, 2.75) is 44.7 Å². The number of thiophene rings is 1. The van der Waals surface area contributed by atoms with Crippen LogP contribution in [0.4, 0.5) is 4.79 Å². The maximum atomic E-state index is 11.6. The van der Waals surface area contributed by atoms with E-state index in [2.05, 4.69) is 16.0 Å². The summed E-state index contributed by atoms with van der Waals surface area (Å²) in [7, 11) is 0. The average Bonchev–Trinajstić information content (AvgIpc) is 3.09. The highest BCUT2D eigenvalue weighted by atomic mass is 32.1. The Morgan fingerprint density at radius 2 is 2.05 bits per heavy atom. The molecule has 0 radical (unpaired) electrons. The van der Waals surface area contributed by atoms with E-state index in [1.807, 2.05) is 17.5 Å². The molecule has 1 fully saturated rings. The van der Waals surface area contributed by atoms with E-state index in [9.17, 15) is 9.59 Å². The highest BCUT2D eigenvalue weighted by Crippen LogP contribution is 2.17. The lowest BCUT2D eigenvalue weighted by atomic mass is 10.2. The Labute approximate surface area is 123 Å². The smallest absolute Gasteiger partial charge is 0.315 e. The molecule has 0 atom stereocenters. The number of carbonyl (C=O) groups excluding carboxylic acids is 2. The molecular weight excluding hydrogens is 274 g/mol. The van der Waals surface area contributed by atoms with Crippen molar-refractivity contribution in [2.24, 2.45) is 0 Å². The Kier molecular flexibility index (Phi) is 5.86. The van der Waals surface area contributed by atoms with Crippen LogP contribution in [0.5, 0.6) is 0 Å². The van der Waals surface area contributed by atoms with E-state index in [4.69, 9.17) is 0 Å². The first-order valence-electron chi connectivity index (χ1n) is 7.07. The second-order valence-electron chi connectivity index (χ2n) is 4.99. The number of carbonyl (C=O) groups is 2. The topological polar surface area (TPSA) is 70.2 Å². The third kappa shape index (κ3) is 5.21. The molecule has 0 unspecified atom stereocenters. The van der Waals surface area contributed by atoms with Gasteiger partial charge in [0.25, 0.3) is 0 Å². The molecule has 0 spiro atoms. The predicted molar refractivity (Wildman–Crippen MR) is 79.6 cm³/mol. The van der Waals surface area contributed by atoms with Crippen LogP contribution in [0.25, 0.3) is 0 Å². The molecule has 1 saturated carbocycles. The Hall–Kier alpha value is -1.56. The minimum atomic E-state index is -0.230. The molecule has 1 aliphatic rings.